The molecular weight excluding hydrogens is 356 g/mol. The molecule has 9 heteroatoms. The summed E-state index contributed by atoms with van der Waals surface area (Å²) in [5, 5.41) is 5.01. The van der Waals surface area contributed by atoms with Crippen molar-refractivity contribution in [2.24, 2.45) is 5.73 Å². The first kappa shape index (κ1) is 17.9. The molecule has 2 heterocycles. The lowest BCUT2D eigenvalue weighted by Crippen LogP contribution is -2.59. The molecule has 0 spiro atoms. The summed E-state index contributed by atoms with van der Waals surface area (Å²) in [5.41, 5.74) is 4.11. The molecule has 1 aromatic rings. The third-order valence-electron chi connectivity index (χ3n) is 3.05. The first-order chi connectivity index (χ1) is 10.8. The van der Waals surface area contributed by atoms with Crippen LogP contribution >= 0.6 is 34.9 Å². The maximum absolute atomic E-state index is 12.6. The molecular formula is C14H14N2O4S3. The maximum atomic E-state index is 12.6. The number of nitrogens with one attached hydrogen (secondary N) is 1. The van der Waals surface area contributed by atoms with Crippen LogP contribution < -0.4 is 11.1 Å². The van der Waals surface area contributed by atoms with E-state index in [1.807, 2.05) is 0 Å². The molecule has 122 valence electrons. The summed E-state index contributed by atoms with van der Waals surface area (Å²) >= 11 is 3.04. The Morgan fingerprint density at radius 3 is 2.70 bits per heavy atom. The van der Waals surface area contributed by atoms with E-state index in [1.54, 1.807) is 17.5 Å². The van der Waals surface area contributed by atoms with Gasteiger partial charge in [0.2, 0.25) is 16.1 Å². The first-order valence-corrected chi connectivity index (χ1v) is 9.29. The third kappa shape index (κ3) is 4.11. The predicted octanol–water partition coefficient (Wildman–Crippen LogP) is 1.18. The summed E-state index contributed by atoms with van der Waals surface area (Å²) in [6.45, 7) is 1.26. The molecule has 0 saturated heterocycles. The number of rotatable bonds is 6. The van der Waals surface area contributed by atoms with Crippen molar-refractivity contribution in [2.45, 2.75) is 18.5 Å². The van der Waals surface area contributed by atoms with Gasteiger partial charge in [0.1, 0.15) is 0 Å². The zero-order valence-electron chi connectivity index (χ0n) is 12.1. The Morgan fingerprint density at radius 2 is 2.17 bits per heavy atom. The number of Topliss-reactive ketones (excluding diaryl/α,β-unsaturated/α-hetero) is 1. The molecule has 2 unspecified atom stereocenters. The van der Waals surface area contributed by atoms with Gasteiger partial charge in [-0.2, -0.15) is 0 Å². The average molecular weight is 370 g/mol. The van der Waals surface area contributed by atoms with Gasteiger partial charge in [-0.3, -0.25) is 19.2 Å². The van der Waals surface area contributed by atoms with Gasteiger partial charge in [0.15, 0.2) is 11.3 Å². The van der Waals surface area contributed by atoms with Crippen LogP contribution in [0.4, 0.5) is 0 Å². The van der Waals surface area contributed by atoms with Crippen LogP contribution in [0.15, 0.2) is 29.0 Å². The SMILES string of the molecule is CC(=O)NC(CSC(=O)c1cccs1)C(=O)C1(N)C=CSC1=O. The fourth-order valence-corrected chi connectivity index (χ4v) is 4.30. The fraction of sp³-hybridized carbons (Fsp3) is 0.286. The van der Waals surface area contributed by atoms with E-state index >= 15 is 0 Å². The van der Waals surface area contributed by atoms with Crippen LogP contribution in [0.25, 0.3) is 0 Å². The lowest BCUT2D eigenvalue weighted by molar-refractivity contribution is -0.132. The van der Waals surface area contributed by atoms with Crippen LogP contribution in [0.3, 0.4) is 0 Å². The lowest BCUT2D eigenvalue weighted by atomic mass is 9.92. The quantitative estimate of drug-likeness (QED) is 0.724. The van der Waals surface area contributed by atoms with E-state index in [4.69, 9.17) is 5.73 Å². The second kappa shape index (κ2) is 7.43. The van der Waals surface area contributed by atoms with E-state index in [0.29, 0.717) is 4.88 Å². The maximum Gasteiger partial charge on any atom is 0.229 e. The Labute approximate surface area is 145 Å². The minimum absolute atomic E-state index is 0.0138. The summed E-state index contributed by atoms with van der Waals surface area (Å²) < 4.78 is 0. The molecule has 23 heavy (non-hydrogen) atoms. The van der Waals surface area contributed by atoms with Crippen molar-refractivity contribution in [3.8, 4) is 0 Å². The number of thioether (sulfide) groups is 2. The molecule has 0 radical (unpaired) electrons. The lowest BCUT2D eigenvalue weighted by Gasteiger charge is -2.24. The van der Waals surface area contributed by atoms with E-state index in [1.165, 1.54) is 29.7 Å². The molecule has 3 N–H and O–H groups in total. The van der Waals surface area contributed by atoms with Gasteiger partial charge in [0, 0.05) is 12.7 Å². The predicted molar refractivity (Wildman–Crippen MR) is 92.4 cm³/mol. The summed E-state index contributed by atoms with van der Waals surface area (Å²) in [4.78, 5) is 48.3. The van der Waals surface area contributed by atoms with Gasteiger partial charge in [0.25, 0.3) is 0 Å². The van der Waals surface area contributed by atoms with E-state index in [9.17, 15) is 19.2 Å². The second-order valence-corrected chi connectivity index (χ2v) is 7.59. The number of ketones is 1. The second-order valence-electron chi connectivity index (χ2n) is 4.77. The topological polar surface area (TPSA) is 106 Å². The number of hydrogen-bond acceptors (Lipinski definition) is 8. The Morgan fingerprint density at radius 1 is 1.43 bits per heavy atom. The highest BCUT2D eigenvalue weighted by atomic mass is 32.2. The molecule has 1 aromatic heterocycles. The van der Waals surface area contributed by atoms with Crippen molar-refractivity contribution < 1.29 is 19.2 Å². The number of nitrogens with two attached hydrogens (primary N) is 1. The van der Waals surface area contributed by atoms with Crippen LogP contribution in [0.1, 0.15) is 16.6 Å². The molecule has 0 aromatic carbocycles. The molecule has 2 rings (SSSR count). The normalized spacial score (nSPS) is 21.2. The summed E-state index contributed by atoms with van der Waals surface area (Å²) in [6.07, 6.45) is 1.32. The largest absolute Gasteiger partial charge is 0.346 e. The van der Waals surface area contributed by atoms with Crippen molar-refractivity contribution in [1.82, 2.24) is 5.32 Å². The van der Waals surface area contributed by atoms with Crippen molar-refractivity contribution in [1.29, 1.82) is 0 Å². The number of amides is 1. The highest BCUT2D eigenvalue weighted by Crippen LogP contribution is 2.27. The monoisotopic (exact) mass is 370 g/mol. The van der Waals surface area contributed by atoms with Gasteiger partial charge >= 0.3 is 0 Å². The number of carbonyl (C=O) groups is 4. The molecule has 0 fully saturated rings. The standard InChI is InChI=1S/C14H14N2O4S3/c1-8(17)16-9(7-23-12(19)10-3-2-5-21-10)11(18)14(15)4-6-22-13(14)20/h2-6,9H,7,15H2,1H3,(H,16,17). The van der Waals surface area contributed by atoms with Crippen LogP contribution in [-0.4, -0.2) is 39.3 Å². The smallest absolute Gasteiger partial charge is 0.229 e. The van der Waals surface area contributed by atoms with E-state index in [2.05, 4.69) is 5.32 Å². The Balaban J connectivity index is 2.09. The van der Waals surface area contributed by atoms with Gasteiger partial charge in [-0.25, -0.2) is 0 Å². The van der Waals surface area contributed by atoms with Crippen LogP contribution in [0, 0.1) is 0 Å². The fourth-order valence-electron chi connectivity index (χ4n) is 1.89. The molecule has 1 amide bonds. The van der Waals surface area contributed by atoms with Crippen molar-refractivity contribution in [2.75, 3.05) is 5.75 Å². The van der Waals surface area contributed by atoms with Gasteiger partial charge in [-0.15, -0.1) is 11.3 Å². The number of hydrogen-bond donors (Lipinski definition) is 2. The molecule has 0 saturated carbocycles. The van der Waals surface area contributed by atoms with Gasteiger partial charge in [-0.05, 0) is 22.9 Å². The molecule has 2 atom stereocenters. The van der Waals surface area contributed by atoms with Gasteiger partial charge in [-0.1, -0.05) is 29.6 Å². The van der Waals surface area contributed by atoms with Gasteiger partial charge in [0.05, 0.1) is 10.9 Å². The van der Waals surface area contributed by atoms with Gasteiger partial charge < -0.3 is 11.1 Å². The zero-order valence-corrected chi connectivity index (χ0v) is 14.6. The highest BCUT2D eigenvalue weighted by molar-refractivity contribution is 8.16. The van der Waals surface area contributed by atoms with E-state index < -0.39 is 28.4 Å². The average Bonchev–Trinajstić information content (AvgIpc) is 3.14. The summed E-state index contributed by atoms with van der Waals surface area (Å²) in [5.74, 6) is -1.04. The molecule has 1 aliphatic heterocycles. The minimum atomic E-state index is -1.76. The number of carbonyl (C=O) groups excluding carboxylic acids is 4. The number of thiophene rings is 1. The minimum Gasteiger partial charge on any atom is -0.346 e. The first-order valence-electron chi connectivity index (χ1n) is 6.54. The third-order valence-corrected chi connectivity index (χ3v) is 5.85. The van der Waals surface area contributed by atoms with E-state index in [0.717, 1.165) is 23.5 Å². The Hall–Kier alpha value is -1.42. The van der Waals surface area contributed by atoms with Crippen LogP contribution in [-0.2, 0) is 14.4 Å². The van der Waals surface area contributed by atoms with Crippen molar-refractivity contribution in [3.05, 3.63) is 33.9 Å². The molecule has 1 aliphatic rings. The van der Waals surface area contributed by atoms with Crippen LogP contribution in [0.5, 0.6) is 0 Å². The van der Waals surface area contributed by atoms with E-state index in [-0.39, 0.29) is 10.9 Å². The zero-order chi connectivity index (χ0) is 17.0. The Bertz CT molecular complexity index is 672. The summed E-state index contributed by atoms with van der Waals surface area (Å²) in [7, 11) is 0. The van der Waals surface area contributed by atoms with Crippen molar-refractivity contribution >= 4 is 56.8 Å². The highest BCUT2D eigenvalue weighted by Gasteiger charge is 2.45. The molecule has 0 aliphatic carbocycles. The van der Waals surface area contributed by atoms with Crippen LogP contribution in [0.2, 0.25) is 0 Å². The Kier molecular flexibility index (Phi) is 5.79. The van der Waals surface area contributed by atoms with Crippen molar-refractivity contribution in [3.63, 3.8) is 0 Å². The molecule has 0 bridgehead atoms. The molecule has 6 nitrogen and oxygen atoms in total. The summed E-state index contributed by atoms with van der Waals surface area (Å²) in [6, 6.07) is 2.42.